The molecule has 1 saturated heterocycles. The molecule has 0 aliphatic carbocycles. The number of nitrogens with zero attached hydrogens (tertiary/aromatic N) is 2. The molecule has 1 aromatic heterocycles. The second-order valence-electron chi connectivity index (χ2n) is 5.69. The molecule has 0 saturated carbocycles. The van der Waals surface area contributed by atoms with E-state index in [2.05, 4.69) is 10.3 Å². The van der Waals surface area contributed by atoms with Crippen molar-refractivity contribution in [2.75, 3.05) is 13.1 Å². The molecule has 1 aliphatic rings. The fraction of sp³-hybridized carbons (Fsp3) is 0.500. The van der Waals surface area contributed by atoms with Crippen molar-refractivity contribution in [3.63, 3.8) is 0 Å². The van der Waals surface area contributed by atoms with Gasteiger partial charge in [-0.3, -0.25) is 4.79 Å². The van der Waals surface area contributed by atoms with E-state index in [0.717, 1.165) is 36.4 Å². The Hall–Kier alpha value is -1.68. The summed E-state index contributed by atoms with van der Waals surface area (Å²) < 4.78 is 2.03. The van der Waals surface area contributed by atoms with Crippen molar-refractivity contribution in [1.82, 2.24) is 14.9 Å². The largest absolute Gasteiger partial charge is 0.331 e. The van der Waals surface area contributed by atoms with Crippen LogP contribution in [0, 0.1) is 5.92 Å². The fourth-order valence-electron chi connectivity index (χ4n) is 2.94. The molecule has 1 N–H and O–H groups in total. The van der Waals surface area contributed by atoms with Crippen LogP contribution in [-0.2, 0) is 18.3 Å². The number of imidazole rings is 1. The molecule has 1 aliphatic heterocycles. The Bertz CT molecular complexity index is 611. The highest BCUT2D eigenvalue weighted by atomic mass is 16.1. The van der Waals surface area contributed by atoms with Crippen molar-refractivity contribution in [2.24, 2.45) is 13.0 Å². The predicted molar refractivity (Wildman–Crippen MR) is 79.6 cm³/mol. The first-order valence-corrected chi connectivity index (χ1v) is 7.37. The zero-order valence-corrected chi connectivity index (χ0v) is 11.9. The van der Waals surface area contributed by atoms with Gasteiger partial charge in [0.25, 0.3) is 0 Å². The minimum Gasteiger partial charge on any atom is -0.331 e. The Morgan fingerprint density at radius 1 is 1.45 bits per heavy atom. The lowest BCUT2D eigenvalue weighted by Crippen LogP contribution is -2.12. The maximum Gasteiger partial charge on any atom is 0.140 e. The third kappa shape index (κ3) is 2.75. The van der Waals surface area contributed by atoms with Gasteiger partial charge in [0.1, 0.15) is 11.6 Å². The zero-order valence-electron chi connectivity index (χ0n) is 11.9. The maximum atomic E-state index is 12.1. The van der Waals surface area contributed by atoms with E-state index < -0.39 is 0 Å². The number of carbonyl (C=O) groups excluding carboxylic acids is 1. The van der Waals surface area contributed by atoms with E-state index in [1.807, 2.05) is 35.9 Å². The molecule has 1 unspecified atom stereocenters. The maximum absolute atomic E-state index is 12.1. The van der Waals surface area contributed by atoms with Crippen LogP contribution in [0.2, 0.25) is 0 Å². The van der Waals surface area contributed by atoms with Crippen molar-refractivity contribution in [2.45, 2.75) is 25.7 Å². The number of benzene rings is 1. The van der Waals surface area contributed by atoms with Gasteiger partial charge in [-0.2, -0.15) is 0 Å². The summed E-state index contributed by atoms with van der Waals surface area (Å²) in [6, 6.07) is 8.02. The smallest absolute Gasteiger partial charge is 0.140 e. The van der Waals surface area contributed by atoms with Gasteiger partial charge in [0, 0.05) is 13.5 Å². The molecular formula is C16H21N3O. The number of carbonyl (C=O) groups is 1. The Morgan fingerprint density at radius 3 is 3.05 bits per heavy atom. The van der Waals surface area contributed by atoms with Gasteiger partial charge in [-0.1, -0.05) is 12.1 Å². The highest BCUT2D eigenvalue weighted by Crippen LogP contribution is 2.17. The van der Waals surface area contributed by atoms with Gasteiger partial charge in [-0.05, 0) is 44.0 Å². The standard InChI is InChI=1S/C16H21N3O/c1-19-15-5-3-2-4-14(15)18-16(19)10-13(20)7-6-12-8-9-17-11-12/h2-5,12,17H,6-11H2,1H3. The van der Waals surface area contributed by atoms with Crippen molar-refractivity contribution in [3.8, 4) is 0 Å². The number of aryl methyl sites for hydroxylation is 1. The van der Waals surface area contributed by atoms with Crippen LogP contribution in [0.15, 0.2) is 24.3 Å². The number of nitrogens with one attached hydrogen (secondary N) is 1. The molecule has 4 nitrogen and oxygen atoms in total. The SMILES string of the molecule is Cn1c(CC(=O)CCC2CCNC2)nc2ccccc21. The third-order valence-corrected chi connectivity index (χ3v) is 4.23. The molecule has 1 fully saturated rings. The van der Waals surface area contributed by atoms with Crippen LogP contribution in [0.1, 0.15) is 25.1 Å². The number of fused-ring (bicyclic) bond motifs is 1. The Balaban J connectivity index is 1.63. The monoisotopic (exact) mass is 271 g/mol. The lowest BCUT2D eigenvalue weighted by molar-refractivity contribution is -0.118. The lowest BCUT2D eigenvalue weighted by Gasteiger charge is -2.07. The van der Waals surface area contributed by atoms with Crippen LogP contribution in [0.3, 0.4) is 0 Å². The summed E-state index contributed by atoms with van der Waals surface area (Å²) in [6.07, 6.45) is 3.34. The second kappa shape index (κ2) is 5.75. The number of Topliss-reactive ketones (excluding diaryl/α,β-unsaturated/α-hetero) is 1. The highest BCUT2D eigenvalue weighted by Gasteiger charge is 2.17. The van der Waals surface area contributed by atoms with E-state index in [9.17, 15) is 4.79 Å². The number of para-hydroxylation sites is 2. The summed E-state index contributed by atoms with van der Waals surface area (Å²) >= 11 is 0. The van der Waals surface area contributed by atoms with Crippen molar-refractivity contribution in [1.29, 1.82) is 0 Å². The molecule has 0 bridgehead atoms. The zero-order chi connectivity index (χ0) is 13.9. The van der Waals surface area contributed by atoms with E-state index in [4.69, 9.17) is 0 Å². The van der Waals surface area contributed by atoms with Crippen LogP contribution in [0.4, 0.5) is 0 Å². The molecular weight excluding hydrogens is 250 g/mol. The van der Waals surface area contributed by atoms with E-state index >= 15 is 0 Å². The summed E-state index contributed by atoms with van der Waals surface area (Å²) in [4.78, 5) is 16.7. The molecule has 3 rings (SSSR count). The number of hydrogen-bond acceptors (Lipinski definition) is 3. The summed E-state index contributed by atoms with van der Waals surface area (Å²) in [6.45, 7) is 2.17. The first kappa shape index (κ1) is 13.3. The number of hydrogen-bond donors (Lipinski definition) is 1. The Morgan fingerprint density at radius 2 is 2.30 bits per heavy atom. The second-order valence-corrected chi connectivity index (χ2v) is 5.69. The molecule has 0 amide bonds. The number of ketones is 1. The van der Waals surface area contributed by atoms with Gasteiger partial charge >= 0.3 is 0 Å². The van der Waals surface area contributed by atoms with Crippen LogP contribution in [0.25, 0.3) is 11.0 Å². The lowest BCUT2D eigenvalue weighted by atomic mass is 10.00. The van der Waals surface area contributed by atoms with Crippen molar-refractivity contribution in [3.05, 3.63) is 30.1 Å². The first-order valence-electron chi connectivity index (χ1n) is 7.37. The molecule has 1 atom stereocenters. The quantitative estimate of drug-likeness (QED) is 0.905. The van der Waals surface area contributed by atoms with E-state index in [-0.39, 0.29) is 0 Å². The van der Waals surface area contributed by atoms with Gasteiger partial charge in [-0.25, -0.2) is 4.98 Å². The summed E-state index contributed by atoms with van der Waals surface area (Å²) in [7, 11) is 1.98. The van der Waals surface area contributed by atoms with E-state index in [1.165, 1.54) is 6.42 Å². The van der Waals surface area contributed by atoms with Crippen LogP contribution in [0.5, 0.6) is 0 Å². The summed E-state index contributed by atoms with van der Waals surface area (Å²) in [5, 5.41) is 3.34. The number of rotatable bonds is 5. The minimum absolute atomic E-state index is 0.301. The topological polar surface area (TPSA) is 46.9 Å². The van der Waals surface area contributed by atoms with E-state index in [0.29, 0.717) is 24.5 Å². The fourth-order valence-corrected chi connectivity index (χ4v) is 2.94. The molecule has 1 aromatic carbocycles. The van der Waals surface area contributed by atoms with Crippen LogP contribution >= 0.6 is 0 Å². The van der Waals surface area contributed by atoms with Crippen LogP contribution in [-0.4, -0.2) is 28.4 Å². The van der Waals surface area contributed by atoms with Gasteiger partial charge in [-0.15, -0.1) is 0 Å². The third-order valence-electron chi connectivity index (χ3n) is 4.23. The van der Waals surface area contributed by atoms with Crippen molar-refractivity contribution < 1.29 is 4.79 Å². The molecule has 0 spiro atoms. The normalized spacial score (nSPS) is 18.8. The Labute approximate surface area is 119 Å². The molecule has 4 heteroatoms. The molecule has 106 valence electrons. The molecule has 2 aromatic rings. The summed E-state index contributed by atoms with van der Waals surface area (Å²) in [5.74, 6) is 1.86. The molecule has 20 heavy (non-hydrogen) atoms. The van der Waals surface area contributed by atoms with Crippen LogP contribution < -0.4 is 5.32 Å². The average molecular weight is 271 g/mol. The molecule has 2 heterocycles. The summed E-state index contributed by atoms with van der Waals surface area (Å²) in [5.41, 5.74) is 2.06. The Kier molecular flexibility index (Phi) is 3.83. The first-order chi connectivity index (χ1) is 9.74. The van der Waals surface area contributed by atoms with Gasteiger partial charge < -0.3 is 9.88 Å². The minimum atomic E-state index is 0.301. The average Bonchev–Trinajstić information content (AvgIpc) is 3.07. The van der Waals surface area contributed by atoms with Gasteiger partial charge in [0.2, 0.25) is 0 Å². The predicted octanol–water partition coefficient (Wildman–Crippen LogP) is 2.07. The van der Waals surface area contributed by atoms with Crippen molar-refractivity contribution >= 4 is 16.8 Å². The molecule has 0 radical (unpaired) electrons. The number of aromatic nitrogens is 2. The van der Waals surface area contributed by atoms with Gasteiger partial charge in [0.05, 0.1) is 17.5 Å². The van der Waals surface area contributed by atoms with Gasteiger partial charge in [0.15, 0.2) is 0 Å². The highest BCUT2D eigenvalue weighted by molar-refractivity contribution is 5.82. The van der Waals surface area contributed by atoms with E-state index in [1.54, 1.807) is 0 Å².